The van der Waals surface area contributed by atoms with E-state index < -0.39 is 15.3 Å². The average Bonchev–Trinajstić information content (AvgIpc) is 2.80. The van der Waals surface area contributed by atoms with Gasteiger partial charge in [-0.1, -0.05) is 66.8 Å². The van der Waals surface area contributed by atoms with Gasteiger partial charge >= 0.3 is 0 Å². The van der Waals surface area contributed by atoms with Crippen molar-refractivity contribution in [2.24, 2.45) is 0 Å². The van der Waals surface area contributed by atoms with Crippen molar-refractivity contribution in [1.29, 1.82) is 0 Å². The Morgan fingerprint density at radius 2 is 1.64 bits per heavy atom. The molecule has 0 bridgehead atoms. The molecule has 5 heteroatoms. The zero-order valence-corrected chi connectivity index (χ0v) is 15.9. The van der Waals surface area contributed by atoms with Crippen LogP contribution in [-0.4, -0.2) is 48.2 Å². The first-order valence-electron chi connectivity index (χ1n) is 8.61. The Labute approximate surface area is 151 Å². The minimum atomic E-state index is -3.48. The number of allylic oxidation sites excluding steroid dienone is 4. The zero-order chi connectivity index (χ0) is 18.1. The second-order valence-corrected chi connectivity index (χ2v) is 9.35. The van der Waals surface area contributed by atoms with E-state index >= 15 is 0 Å². The minimum absolute atomic E-state index is 0.180. The summed E-state index contributed by atoms with van der Waals surface area (Å²) in [5, 5.41) is -0.622. The highest BCUT2D eigenvalue weighted by Crippen LogP contribution is 2.33. The molecule has 1 atom stereocenters. The molecule has 1 heterocycles. The van der Waals surface area contributed by atoms with Crippen molar-refractivity contribution in [1.82, 2.24) is 9.21 Å². The van der Waals surface area contributed by atoms with Gasteiger partial charge in [-0.2, -0.15) is 4.31 Å². The molecule has 3 rings (SSSR count). The molecule has 4 nitrogen and oxygen atoms in total. The van der Waals surface area contributed by atoms with Crippen LogP contribution in [0.1, 0.15) is 19.4 Å². The van der Waals surface area contributed by atoms with E-state index in [-0.39, 0.29) is 11.7 Å². The Kier molecular flexibility index (Phi) is 5.00. The molecule has 1 aliphatic carbocycles. The Balaban J connectivity index is 1.94. The fourth-order valence-corrected chi connectivity index (χ4v) is 5.36. The van der Waals surface area contributed by atoms with Crippen LogP contribution in [-0.2, 0) is 16.4 Å². The summed E-state index contributed by atoms with van der Waals surface area (Å²) in [6.07, 6.45) is 11.3. The third kappa shape index (κ3) is 3.64. The summed E-state index contributed by atoms with van der Waals surface area (Å²) < 4.78 is 28.4. The molecule has 0 spiro atoms. The molecule has 2 aliphatic rings. The monoisotopic (exact) mass is 358 g/mol. The molecule has 0 radical (unpaired) electrons. The summed E-state index contributed by atoms with van der Waals surface area (Å²) in [4.78, 5) is 2.18. The van der Waals surface area contributed by atoms with E-state index in [0.717, 1.165) is 5.56 Å². The lowest BCUT2D eigenvalue weighted by Gasteiger charge is -2.32. The number of nitrogens with zero attached hydrogens (tertiary/aromatic N) is 2. The molecule has 0 N–H and O–H groups in total. The molecule has 0 unspecified atom stereocenters. The van der Waals surface area contributed by atoms with Crippen LogP contribution in [0, 0.1) is 0 Å². The molecular formula is C20H26N2O2S. The van der Waals surface area contributed by atoms with Crippen molar-refractivity contribution in [3.63, 3.8) is 0 Å². The van der Waals surface area contributed by atoms with Gasteiger partial charge in [0.1, 0.15) is 5.25 Å². The first-order valence-corrected chi connectivity index (χ1v) is 10.1. The molecule has 1 aromatic rings. The molecule has 1 aliphatic heterocycles. The largest absolute Gasteiger partial charge is 0.283 e. The van der Waals surface area contributed by atoms with E-state index in [1.165, 1.54) is 0 Å². The topological polar surface area (TPSA) is 40.6 Å². The van der Waals surface area contributed by atoms with E-state index in [2.05, 4.69) is 30.9 Å². The van der Waals surface area contributed by atoms with Gasteiger partial charge < -0.3 is 0 Å². The van der Waals surface area contributed by atoms with Crippen LogP contribution < -0.4 is 0 Å². The fraction of sp³-hybridized carbons (Fsp3) is 0.400. The Morgan fingerprint density at radius 1 is 1.04 bits per heavy atom. The fourth-order valence-electron chi connectivity index (χ4n) is 3.41. The summed E-state index contributed by atoms with van der Waals surface area (Å²) in [7, 11) is -1.46. The van der Waals surface area contributed by atoms with Gasteiger partial charge in [0, 0.05) is 18.5 Å². The number of hydrogen-bond donors (Lipinski definition) is 0. The van der Waals surface area contributed by atoms with Crippen LogP contribution in [0.3, 0.4) is 0 Å². The lowest BCUT2D eigenvalue weighted by atomic mass is 10.1. The maximum Gasteiger partial charge on any atom is 0.225 e. The second-order valence-electron chi connectivity index (χ2n) is 7.30. The standard InChI is InChI=1S/C20H26N2O2S/c1-20(2)16-22(25(23,24)18-13-9-4-5-10-14-18)19(21(20)3)15-17-11-7-6-8-12-17/h4-14,18-19H,15-16H2,1-3H3/t19-/m0/s1. The average molecular weight is 359 g/mol. The normalized spacial score (nSPS) is 24.7. The van der Waals surface area contributed by atoms with Gasteiger partial charge in [-0.25, -0.2) is 8.42 Å². The van der Waals surface area contributed by atoms with Crippen LogP contribution in [0.25, 0.3) is 0 Å². The molecule has 1 aromatic carbocycles. The second kappa shape index (κ2) is 6.90. The first-order chi connectivity index (χ1) is 11.8. The number of hydrogen-bond acceptors (Lipinski definition) is 3. The highest BCUT2D eigenvalue weighted by atomic mass is 32.2. The van der Waals surface area contributed by atoms with Crippen molar-refractivity contribution >= 4 is 10.0 Å². The van der Waals surface area contributed by atoms with Gasteiger partial charge in [0.05, 0.1) is 6.17 Å². The van der Waals surface area contributed by atoms with Gasteiger partial charge in [-0.3, -0.25) is 4.90 Å². The van der Waals surface area contributed by atoms with E-state index in [0.29, 0.717) is 13.0 Å². The molecule has 0 aromatic heterocycles. The van der Waals surface area contributed by atoms with Crippen molar-refractivity contribution in [3.8, 4) is 0 Å². The van der Waals surface area contributed by atoms with E-state index in [1.54, 1.807) is 28.6 Å². The Hall–Kier alpha value is -1.69. The predicted molar refractivity (Wildman–Crippen MR) is 103 cm³/mol. The van der Waals surface area contributed by atoms with Crippen molar-refractivity contribution < 1.29 is 8.42 Å². The summed E-state index contributed by atoms with van der Waals surface area (Å²) in [6, 6.07) is 10.1. The van der Waals surface area contributed by atoms with Crippen molar-refractivity contribution in [2.45, 2.75) is 37.2 Å². The third-order valence-electron chi connectivity index (χ3n) is 5.14. The first kappa shape index (κ1) is 18.1. The highest BCUT2D eigenvalue weighted by molar-refractivity contribution is 7.90. The molecular weight excluding hydrogens is 332 g/mol. The summed E-state index contributed by atoms with van der Waals surface area (Å²) in [5.74, 6) is 0. The number of benzene rings is 1. The van der Waals surface area contributed by atoms with E-state index in [1.807, 2.05) is 37.4 Å². The highest BCUT2D eigenvalue weighted by Gasteiger charge is 2.48. The van der Waals surface area contributed by atoms with Gasteiger partial charge in [0.15, 0.2) is 0 Å². The quantitative estimate of drug-likeness (QED) is 0.831. The van der Waals surface area contributed by atoms with Crippen molar-refractivity contribution in [2.75, 3.05) is 13.6 Å². The summed E-state index contributed by atoms with van der Waals surface area (Å²) in [5.41, 5.74) is 0.939. The van der Waals surface area contributed by atoms with Gasteiger partial charge in [0.25, 0.3) is 0 Å². The number of sulfonamides is 1. The van der Waals surface area contributed by atoms with Crippen LogP contribution in [0.4, 0.5) is 0 Å². The molecule has 0 saturated carbocycles. The summed E-state index contributed by atoms with van der Waals surface area (Å²) >= 11 is 0. The van der Waals surface area contributed by atoms with Gasteiger partial charge in [-0.05, 0) is 26.5 Å². The molecule has 1 fully saturated rings. The van der Waals surface area contributed by atoms with Gasteiger partial charge in [0.2, 0.25) is 10.0 Å². The number of likely N-dealkylation sites (N-methyl/N-ethyl adjacent to an activating group) is 1. The van der Waals surface area contributed by atoms with E-state index in [4.69, 9.17) is 0 Å². The SMILES string of the molecule is CN1[C@H](Cc2ccccc2)N(S(=O)(=O)C2C=CC=CC=C2)CC1(C)C. The van der Waals surface area contributed by atoms with E-state index in [9.17, 15) is 8.42 Å². The lowest BCUT2D eigenvalue weighted by Crippen LogP contribution is -2.46. The van der Waals surface area contributed by atoms with Gasteiger partial charge in [-0.15, -0.1) is 0 Å². The van der Waals surface area contributed by atoms with Crippen LogP contribution in [0.2, 0.25) is 0 Å². The smallest absolute Gasteiger partial charge is 0.225 e. The number of rotatable bonds is 4. The molecule has 1 saturated heterocycles. The molecule has 25 heavy (non-hydrogen) atoms. The predicted octanol–water partition coefficient (Wildman–Crippen LogP) is 2.96. The lowest BCUT2D eigenvalue weighted by molar-refractivity contribution is 0.155. The Morgan fingerprint density at radius 3 is 2.24 bits per heavy atom. The maximum absolute atomic E-state index is 13.3. The van der Waals surface area contributed by atoms with Crippen LogP contribution in [0.15, 0.2) is 66.8 Å². The van der Waals surface area contributed by atoms with Crippen LogP contribution in [0.5, 0.6) is 0 Å². The zero-order valence-electron chi connectivity index (χ0n) is 15.0. The minimum Gasteiger partial charge on any atom is -0.283 e. The Bertz CT molecular complexity index is 778. The van der Waals surface area contributed by atoms with Crippen molar-refractivity contribution in [3.05, 3.63) is 72.4 Å². The van der Waals surface area contributed by atoms with Crippen LogP contribution >= 0.6 is 0 Å². The molecule has 134 valence electrons. The molecule has 0 amide bonds. The maximum atomic E-state index is 13.3. The summed E-state index contributed by atoms with van der Waals surface area (Å²) in [6.45, 7) is 4.69. The third-order valence-corrected chi connectivity index (χ3v) is 7.17.